The van der Waals surface area contributed by atoms with E-state index in [0.717, 1.165) is 17.9 Å². The molecule has 0 atom stereocenters. The van der Waals surface area contributed by atoms with Gasteiger partial charge in [-0.3, -0.25) is 0 Å². The third-order valence-corrected chi connectivity index (χ3v) is 2.43. The van der Waals surface area contributed by atoms with Crippen molar-refractivity contribution in [3.8, 4) is 0 Å². The van der Waals surface area contributed by atoms with Crippen LogP contribution in [0, 0.1) is 6.92 Å². The minimum atomic E-state index is 0.411. The van der Waals surface area contributed by atoms with Gasteiger partial charge in [0.05, 0.1) is 0 Å². The second-order valence-corrected chi connectivity index (χ2v) is 3.69. The van der Waals surface area contributed by atoms with E-state index in [9.17, 15) is 0 Å². The van der Waals surface area contributed by atoms with Gasteiger partial charge in [-0.15, -0.1) is 0 Å². The average Bonchev–Trinajstić information content (AvgIpc) is 2.21. The number of nitrogens with one attached hydrogen (secondary N) is 1. The SMILES string of the molecule is CCN(c1ncnc(NN)c1C)C(C)C. The van der Waals surface area contributed by atoms with Crippen LogP contribution in [-0.2, 0) is 0 Å². The van der Waals surface area contributed by atoms with Crippen LogP contribution in [0.2, 0.25) is 0 Å². The Balaban J connectivity index is 3.12. The number of anilines is 2. The van der Waals surface area contributed by atoms with Gasteiger partial charge in [0, 0.05) is 18.2 Å². The lowest BCUT2D eigenvalue weighted by atomic mass is 10.2. The van der Waals surface area contributed by atoms with E-state index in [1.54, 1.807) is 0 Å². The minimum absolute atomic E-state index is 0.411. The summed E-state index contributed by atoms with van der Waals surface area (Å²) in [5.74, 6) is 7.00. The second-order valence-electron chi connectivity index (χ2n) is 3.69. The van der Waals surface area contributed by atoms with Crippen molar-refractivity contribution < 1.29 is 0 Å². The number of nitrogen functional groups attached to an aromatic ring is 1. The molecule has 15 heavy (non-hydrogen) atoms. The summed E-state index contributed by atoms with van der Waals surface area (Å²) in [6, 6.07) is 0.411. The molecule has 84 valence electrons. The zero-order valence-electron chi connectivity index (χ0n) is 9.78. The molecule has 0 aliphatic heterocycles. The van der Waals surface area contributed by atoms with Crippen molar-refractivity contribution in [1.82, 2.24) is 9.97 Å². The van der Waals surface area contributed by atoms with Crippen molar-refractivity contribution in [3.05, 3.63) is 11.9 Å². The Bertz CT molecular complexity index is 324. The standard InChI is InChI=1S/C10H19N5/c1-5-15(7(2)3)10-8(4)9(14-11)12-6-13-10/h6-7H,5,11H2,1-4H3,(H,12,13,14). The number of aromatic nitrogens is 2. The minimum Gasteiger partial charge on any atom is -0.354 e. The lowest BCUT2D eigenvalue weighted by Crippen LogP contribution is -2.32. The summed E-state index contributed by atoms with van der Waals surface area (Å²) < 4.78 is 0. The molecule has 1 aromatic heterocycles. The highest BCUT2D eigenvalue weighted by molar-refractivity contribution is 5.57. The molecule has 3 N–H and O–H groups in total. The van der Waals surface area contributed by atoms with E-state index < -0.39 is 0 Å². The zero-order valence-corrected chi connectivity index (χ0v) is 9.78. The molecule has 0 amide bonds. The first-order chi connectivity index (χ1) is 7.11. The number of rotatable bonds is 4. The van der Waals surface area contributed by atoms with Crippen LogP contribution in [0.15, 0.2) is 6.33 Å². The number of hydrogen-bond donors (Lipinski definition) is 2. The Labute approximate surface area is 90.7 Å². The fourth-order valence-electron chi connectivity index (χ4n) is 1.64. The summed E-state index contributed by atoms with van der Waals surface area (Å²) in [6.07, 6.45) is 1.53. The highest BCUT2D eigenvalue weighted by atomic mass is 15.3. The summed E-state index contributed by atoms with van der Waals surface area (Å²) in [4.78, 5) is 10.6. The van der Waals surface area contributed by atoms with E-state index in [2.05, 4.69) is 41.1 Å². The summed E-state index contributed by atoms with van der Waals surface area (Å²) in [6.45, 7) is 9.27. The van der Waals surface area contributed by atoms with Gasteiger partial charge in [-0.25, -0.2) is 15.8 Å². The van der Waals surface area contributed by atoms with Crippen molar-refractivity contribution in [2.24, 2.45) is 5.84 Å². The van der Waals surface area contributed by atoms with Crippen molar-refractivity contribution in [2.75, 3.05) is 16.9 Å². The molecular formula is C10H19N5. The zero-order chi connectivity index (χ0) is 11.4. The Morgan fingerprint density at radius 1 is 1.47 bits per heavy atom. The largest absolute Gasteiger partial charge is 0.354 e. The highest BCUT2D eigenvalue weighted by Crippen LogP contribution is 2.22. The smallest absolute Gasteiger partial charge is 0.148 e. The van der Waals surface area contributed by atoms with Crippen LogP contribution in [0.1, 0.15) is 26.3 Å². The van der Waals surface area contributed by atoms with Gasteiger partial charge < -0.3 is 10.3 Å². The molecule has 0 aliphatic carbocycles. The predicted octanol–water partition coefficient (Wildman–Crippen LogP) is 1.31. The van der Waals surface area contributed by atoms with Gasteiger partial charge in [-0.2, -0.15) is 0 Å². The van der Waals surface area contributed by atoms with Gasteiger partial charge >= 0.3 is 0 Å². The molecule has 0 unspecified atom stereocenters. The quantitative estimate of drug-likeness (QED) is 0.578. The van der Waals surface area contributed by atoms with E-state index in [4.69, 9.17) is 5.84 Å². The first kappa shape index (κ1) is 11.7. The molecule has 0 aromatic carbocycles. The number of nitrogens with zero attached hydrogens (tertiary/aromatic N) is 3. The van der Waals surface area contributed by atoms with Gasteiger partial charge in [0.2, 0.25) is 0 Å². The maximum atomic E-state index is 5.38. The Morgan fingerprint density at radius 2 is 2.13 bits per heavy atom. The Morgan fingerprint density at radius 3 is 2.60 bits per heavy atom. The van der Waals surface area contributed by atoms with Crippen molar-refractivity contribution in [3.63, 3.8) is 0 Å². The highest BCUT2D eigenvalue weighted by Gasteiger charge is 2.14. The molecule has 5 nitrogen and oxygen atoms in total. The van der Waals surface area contributed by atoms with Crippen LogP contribution >= 0.6 is 0 Å². The van der Waals surface area contributed by atoms with Crippen molar-refractivity contribution >= 4 is 11.6 Å². The number of hydrazine groups is 1. The summed E-state index contributed by atoms with van der Waals surface area (Å²) >= 11 is 0. The molecule has 0 saturated carbocycles. The molecular weight excluding hydrogens is 190 g/mol. The Kier molecular flexibility index (Phi) is 3.85. The van der Waals surface area contributed by atoms with E-state index in [1.165, 1.54) is 6.33 Å². The molecule has 5 heteroatoms. The molecule has 1 rings (SSSR count). The topological polar surface area (TPSA) is 67.1 Å². The summed E-state index contributed by atoms with van der Waals surface area (Å²) in [5, 5.41) is 0. The van der Waals surface area contributed by atoms with Crippen LogP contribution in [0.3, 0.4) is 0 Å². The van der Waals surface area contributed by atoms with Gasteiger partial charge in [0.25, 0.3) is 0 Å². The lowest BCUT2D eigenvalue weighted by molar-refractivity contribution is 0.689. The number of nitrogens with two attached hydrogens (primary N) is 1. The first-order valence-electron chi connectivity index (χ1n) is 5.16. The fraction of sp³-hybridized carbons (Fsp3) is 0.600. The summed E-state index contributed by atoms with van der Waals surface area (Å²) in [7, 11) is 0. The number of hydrogen-bond acceptors (Lipinski definition) is 5. The fourth-order valence-corrected chi connectivity index (χ4v) is 1.64. The van der Waals surface area contributed by atoms with Crippen LogP contribution in [-0.4, -0.2) is 22.6 Å². The van der Waals surface area contributed by atoms with E-state index in [-0.39, 0.29) is 0 Å². The summed E-state index contributed by atoms with van der Waals surface area (Å²) in [5.41, 5.74) is 3.56. The van der Waals surface area contributed by atoms with E-state index >= 15 is 0 Å². The van der Waals surface area contributed by atoms with Gasteiger partial charge in [-0.05, 0) is 27.7 Å². The lowest BCUT2D eigenvalue weighted by Gasteiger charge is -2.27. The van der Waals surface area contributed by atoms with E-state index in [1.807, 2.05) is 6.92 Å². The maximum absolute atomic E-state index is 5.38. The molecule has 0 aliphatic rings. The third-order valence-electron chi connectivity index (χ3n) is 2.43. The van der Waals surface area contributed by atoms with Crippen LogP contribution in [0.25, 0.3) is 0 Å². The predicted molar refractivity (Wildman–Crippen MR) is 62.7 cm³/mol. The normalized spacial score (nSPS) is 10.5. The molecule has 0 radical (unpaired) electrons. The third kappa shape index (κ3) is 2.36. The van der Waals surface area contributed by atoms with E-state index in [0.29, 0.717) is 11.9 Å². The second kappa shape index (κ2) is 4.93. The van der Waals surface area contributed by atoms with Crippen molar-refractivity contribution in [2.45, 2.75) is 33.7 Å². The van der Waals surface area contributed by atoms with Crippen LogP contribution < -0.4 is 16.2 Å². The van der Waals surface area contributed by atoms with Crippen molar-refractivity contribution in [1.29, 1.82) is 0 Å². The average molecular weight is 209 g/mol. The molecule has 0 bridgehead atoms. The van der Waals surface area contributed by atoms with Gasteiger partial charge in [0.1, 0.15) is 18.0 Å². The molecule has 1 aromatic rings. The first-order valence-corrected chi connectivity index (χ1v) is 5.16. The molecule has 0 spiro atoms. The van der Waals surface area contributed by atoms with Crippen LogP contribution in [0.5, 0.6) is 0 Å². The van der Waals surface area contributed by atoms with Gasteiger partial charge in [0.15, 0.2) is 0 Å². The molecule has 0 saturated heterocycles. The molecule has 1 heterocycles. The monoisotopic (exact) mass is 209 g/mol. The molecule has 0 fully saturated rings. The Hall–Kier alpha value is -1.36. The maximum Gasteiger partial charge on any atom is 0.148 e. The van der Waals surface area contributed by atoms with Gasteiger partial charge in [-0.1, -0.05) is 0 Å². The van der Waals surface area contributed by atoms with Crippen LogP contribution in [0.4, 0.5) is 11.6 Å².